The van der Waals surface area contributed by atoms with Gasteiger partial charge in [0.25, 0.3) is 0 Å². The molecule has 1 aromatic heterocycles. The molecular formula is C8H16N4O2S. The van der Waals surface area contributed by atoms with Gasteiger partial charge in [0, 0.05) is 42.3 Å². The molecule has 0 aliphatic carbocycles. The van der Waals surface area contributed by atoms with Crippen molar-refractivity contribution >= 4 is 16.8 Å². The van der Waals surface area contributed by atoms with Crippen LogP contribution in [0.5, 0.6) is 0 Å². The summed E-state index contributed by atoms with van der Waals surface area (Å²) in [5.74, 6) is 1.22. The van der Waals surface area contributed by atoms with E-state index in [9.17, 15) is 4.21 Å². The first-order chi connectivity index (χ1) is 7.22. The highest BCUT2D eigenvalue weighted by Gasteiger charge is 2.03. The Morgan fingerprint density at radius 3 is 3.00 bits per heavy atom. The van der Waals surface area contributed by atoms with Crippen molar-refractivity contribution in [2.24, 2.45) is 5.73 Å². The monoisotopic (exact) mass is 232 g/mol. The van der Waals surface area contributed by atoms with Crippen LogP contribution in [0.4, 0.5) is 6.01 Å². The van der Waals surface area contributed by atoms with Crippen molar-refractivity contribution in [3.8, 4) is 0 Å². The van der Waals surface area contributed by atoms with Crippen molar-refractivity contribution < 1.29 is 8.63 Å². The topological polar surface area (TPSA) is 94.0 Å². The van der Waals surface area contributed by atoms with Gasteiger partial charge < -0.3 is 15.5 Å². The van der Waals surface area contributed by atoms with Gasteiger partial charge in [0.15, 0.2) is 0 Å². The Morgan fingerprint density at radius 1 is 1.53 bits per heavy atom. The fraction of sp³-hybridized carbons (Fsp3) is 0.750. The van der Waals surface area contributed by atoms with Gasteiger partial charge in [0.2, 0.25) is 5.89 Å². The van der Waals surface area contributed by atoms with E-state index in [0.717, 1.165) is 6.42 Å². The van der Waals surface area contributed by atoms with Crippen LogP contribution < -0.4 is 11.1 Å². The third-order valence-electron chi connectivity index (χ3n) is 1.71. The van der Waals surface area contributed by atoms with Gasteiger partial charge in [0.05, 0.1) is 0 Å². The van der Waals surface area contributed by atoms with E-state index < -0.39 is 10.8 Å². The third kappa shape index (κ3) is 4.89. The van der Waals surface area contributed by atoms with Crippen molar-refractivity contribution in [2.45, 2.75) is 12.8 Å². The molecule has 0 aromatic carbocycles. The van der Waals surface area contributed by atoms with Gasteiger partial charge in [-0.15, -0.1) is 5.10 Å². The summed E-state index contributed by atoms with van der Waals surface area (Å²) in [7, 11) is -0.744. The van der Waals surface area contributed by atoms with Gasteiger partial charge in [-0.05, 0) is 6.42 Å². The summed E-state index contributed by atoms with van der Waals surface area (Å²) < 4.78 is 16.0. The molecule has 0 radical (unpaired) electrons. The molecule has 0 aliphatic rings. The highest BCUT2D eigenvalue weighted by Crippen LogP contribution is 2.05. The molecule has 0 saturated heterocycles. The van der Waals surface area contributed by atoms with Crippen molar-refractivity contribution in [3.63, 3.8) is 0 Å². The molecule has 1 rings (SSSR count). The molecular weight excluding hydrogens is 216 g/mol. The van der Waals surface area contributed by atoms with E-state index in [4.69, 9.17) is 10.2 Å². The van der Waals surface area contributed by atoms with Gasteiger partial charge in [-0.25, -0.2) is 0 Å². The Hall–Kier alpha value is -0.950. The molecule has 1 heterocycles. The SMILES string of the molecule is CS(=O)CCCNc1nnc(CCN)o1. The summed E-state index contributed by atoms with van der Waals surface area (Å²) >= 11 is 0. The molecule has 1 unspecified atom stereocenters. The second kappa shape index (κ2) is 6.52. The van der Waals surface area contributed by atoms with E-state index in [1.807, 2.05) is 0 Å². The number of anilines is 1. The van der Waals surface area contributed by atoms with Gasteiger partial charge in [-0.1, -0.05) is 5.10 Å². The van der Waals surface area contributed by atoms with Gasteiger partial charge >= 0.3 is 6.01 Å². The van der Waals surface area contributed by atoms with E-state index in [1.165, 1.54) is 0 Å². The Balaban J connectivity index is 2.22. The minimum atomic E-state index is -0.744. The summed E-state index contributed by atoms with van der Waals surface area (Å²) in [5.41, 5.74) is 5.34. The standard InChI is InChI=1S/C8H16N4O2S/c1-15(13)6-2-5-10-8-12-11-7(14-8)3-4-9/h2-6,9H2,1H3,(H,10,12). The molecule has 1 atom stereocenters. The predicted octanol–water partition coefficient (Wildman–Crippen LogP) is -0.249. The molecule has 15 heavy (non-hydrogen) atoms. The van der Waals surface area contributed by atoms with E-state index >= 15 is 0 Å². The maximum Gasteiger partial charge on any atom is 0.315 e. The van der Waals surface area contributed by atoms with E-state index in [2.05, 4.69) is 15.5 Å². The van der Waals surface area contributed by atoms with Crippen LogP contribution in [0.3, 0.4) is 0 Å². The second-order valence-electron chi connectivity index (χ2n) is 3.10. The highest BCUT2D eigenvalue weighted by atomic mass is 32.2. The van der Waals surface area contributed by atoms with E-state index in [1.54, 1.807) is 6.26 Å². The Morgan fingerprint density at radius 2 is 2.33 bits per heavy atom. The quantitative estimate of drug-likeness (QED) is 0.630. The first-order valence-corrected chi connectivity index (χ1v) is 6.51. The summed E-state index contributed by atoms with van der Waals surface area (Å²) in [5, 5.41) is 10.6. The Bertz CT molecular complexity index is 315. The minimum Gasteiger partial charge on any atom is -0.408 e. The molecule has 0 bridgehead atoms. The van der Waals surface area contributed by atoms with Crippen molar-refractivity contribution in [3.05, 3.63) is 5.89 Å². The molecule has 0 saturated carbocycles. The first kappa shape index (κ1) is 12.1. The molecule has 7 heteroatoms. The van der Waals surface area contributed by atoms with Crippen molar-refractivity contribution in [1.82, 2.24) is 10.2 Å². The highest BCUT2D eigenvalue weighted by molar-refractivity contribution is 7.84. The van der Waals surface area contributed by atoms with E-state index in [0.29, 0.717) is 37.2 Å². The fourth-order valence-corrected chi connectivity index (χ4v) is 1.57. The molecule has 6 nitrogen and oxygen atoms in total. The van der Waals surface area contributed by atoms with Crippen molar-refractivity contribution in [1.29, 1.82) is 0 Å². The lowest BCUT2D eigenvalue weighted by Crippen LogP contribution is -2.06. The lowest BCUT2D eigenvalue weighted by molar-refractivity contribution is 0.505. The second-order valence-corrected chi connectivity index (χ2v) is 4.65. The van der Waals surface area contributed by atoms with Crippen LogP contribution in [0.1, 0.15) is 12.3 Å². The van der Waals surface area contributed by atoms with Gasteiger partial charge in [-0.2, -0.15) is 0 Å². The molecule has 0 fully saturated rings. The zero-order valence-corrected chi connectivity index (χ0v) is 9.55. The Labute approximate surface area is 91.1 Å². The maximum atomic E-state index is 10.8. The number of nitrogens with two attached hydrogens (primary N) is 1. The summed E-state index contributed by atoms with van der Waals surface area (Å²) in [6, 6.07) is 0.403. The van der Waals surface area contributed by atoms with Crippen LogP contribution in [-0.4, -0.2) is 39.5 Å². The number of hydrogen-bond acceptors (Lipinski definition) is 6. The number of nitrogens with one attached hydrogen (secondary N) is 1. The van der Waals surface area contributed by atoms with Crippen LogP contribution in [0, 0.1) is 0 Å². The summed E-state index contributed by atoms with van der Waals surface area (Å²) in [6.45, 7) is 1.18. The smallest absolute Gasteiger partial charge is 0.315 e. The molecule has 0 aliphatic heterocycles. The minimum absolute atomic E-state index is 0.403. The molecule has 3 N–H and O–H groups in total. The van der Waals surface area contributed by atoms with Crippen LogP contribution in [0.15, 0.2) is 4.42 Å². The molecule has 0 spiro atoms. The normalized spacial score (nSPS) is 12.7. The average Bonchev–Trinajstić information content (AvgIpc) is 2.61. The summed E-state index contributed by atoms with van der Waals surface area (Å²) in [6.07, 6.45) is 3.09. The van der Waals surface area contributed by atoms with Crippen LogP contribution in [0.2, 0.25) is 0 Å². The zero-order chi connectivity index (χ0) is 11.1. The number of hydrogen-bond donors (Lipinski definition) is 2. The lowest BCUT2D eigenvalue weighted by atomic mass is 10.4. The summed E-state index contributed by atoms with van der Waals surface area (Å²) in [4.78, 5) is 0. The average molecular weight is 232 g/mol. The largest absolute Gasteiger partial charge is 0.408 e. The number of aromatic nitrogens is 2. The van der Waals surface area contributed by atoms with Gasteiger partial charge in [0.1, 0.15) is 0 Å². The first-order valence-electron chi connectivity index (χ1n) is 4.78. The molecule has 0 amide bonds. The van der Waals surface area contributed by atoms with Crippen LogP contribution in [-0.2, 0) is 17.2 Å². The fourth-order valence-electron chi connectivity index (χ4n) is 1.02. The van der Waals surface area contributed by atoms with E-state index in [-0.39, 0.29) is 0 Å². The van der Waals surface area contributed by atoms with Gasteiger partial charge in [-0.3, -0.25) is 4.21 Å². The van der Waals surface area contributed by atoms with Crippen molar-refractivity contribution in [2.75, 3.05) is 30.4 Å². The lowest BCUT2D eigenvalue weighted by Gasteiger charge is -1.98. The Kier molecular flexibility index (Phi) is 5.27. The number of nitrogens with zero attached hydrogens (tertiary/aromatic N) is 2. The number of rotatable bonds is 7. The predicted molar refractivity (Wildman–Crippen MR) is 59.1 cm³/mol. The van der Waals surface area contributed by atoms with Crippen LogP contribution >= 0.6 is 0 Å². The molecule has 86 valence electrons. The third-order valence-corrected chi connectivity index (χ3v) is 2.57. The molecule has 1 aromatic rings. The maximum absolute atomic E-state index is 10.8. The zero-order valence-electron chi connectivity index (χ0n) is 8.73. The van der Waals surface area contributed by atoms with Crippen LogP contribution in [0.25, 0.3) is 0 Å².